The summed E-state index contributed by atoms with van der Waals surface area (Å²) in [4.78, 5) is 36.7. The number of carbonyl (C=O) groups is 2. The Morgan fingerprint density at radius 3 is 2.48 bits per heavy atom. The monoisotopic (exact) mass is 644 g/mol. The zero-order chi connectivity index (χ0) is 32.2. The fourth-order valence-electron chi connectivity index (χ4n) is 5.35. The van der Waals surface area contributed by atoms with Gasteiger partial charge in [-0.25, -0.2) is 19.3 Å². The number of rotatable bonds is 7. The van der Waals surface area contributed by atoms with Crippen LogP contribution in [-0.2, 0) is 12.7 Å². The lowest BCUT2D eigenvalue weighted by Crippen LogP contribution is -2.26. The topological polar surface area (TPSA) is 120 Å². The summed E-state index contributed by atoms with van der Waals surface area (Å²) in [6.07, 6.45) is 1.43. The fourth-order valence-corrected chi connectivity index (χ4v) is 5.60. The van der Waals surface area contributed by atoms with Gasteiger partial charge in [0, 0.05) is 23.2 Å². The Kier molecular flexibility index (Phi) is 6.93. The molecule has 4 aromatic heterocycles. The quantitative estimate of drug-likeness (QED) is 0.223. The molecule has 2 aromatic carbocycles. The molecule has 0 bridgehead atoms. The number of nitrogens with one attached hydrogen (secondary N) is 1. The van der Waals surface area contributed by atoms with E-state index in [0.717, 1.165) is 11.8 Å². The van der Waals surface area contributed by atoms with Crippen molar-refractivity contribution in [1.82, 2.24) is 29.5 Å². The van der Waals surface area contributed by atoms with Crippen LogP contribution in [0.1, 0.15) is 32.0 Å². The second kappa shape index (κ2) is 11.0. The van der Waals surface area contributed by atoms with E-state index in [4.69, 9.17) is 16.3 Å². The first kappa shape index (κ1) is 29.0. The van der Waals surface area contributed by atoms with Crippen molar-refractivity contribution in [3.8, 4) is 17.3 Å². The van der Waals surface area contributed by atoms with E-state index in [2.05, 4.69) is 25.5 Å². The summed E-state index contributed by atoms with van der Waals surface area (Å²) in [5.74, 6) is -0.196. The van der Waals surface area contributed by atoms with Crippen LogP contribution in [0.5, 0.6) is 5.75 Å². The highest BCUT2D eigenvalue weighted by Crippen LogP contribution is 2.41. The van der Waals surface area contributed by atoms with Crippen molar-refractivity contribution in [2.45, 2.75) is 12.7 Å². The minimum absolute atomic E-state index is 0.0561. The summed E-state index contributed by atoms with van der Waals surface area (Å²) in [5, 5.41) is 11.2. The van der Waals surface area contributed by atoms with Crippen molar-refractivity contribution < 1.29 is 27.5 Å². The number of hydrogen-bond acceptors (Lipinski definition) is 7. The Morgan fingerprint density at radius 2 is 1.78 bits per heavy atom. The van der Waals surface area contributed by atoms with Gasteiger partial charge in [0.05, 0.1) is 59.8 Å². The lowest BCUT2D eigenvalue weighted by atomic mass is 10.1. The largest absolute Gasteiger partial charge is 0.497 e. The Balaban J connectivity index is 1.25. The molecule has 5 heterocycles. The van der Waals surface area contributed by atoms with Gasteiger partial charge in [-0.05, 0) is 35.9 Å². The maximum absolute atomic E-state index is 14.6. The van der Waals surface area contributed by atoms with E-state index in [1.807, 2.05) is 12.1 Å². The second-order valence-electron chi connectivity index (χ2n) is 10.2. The molecule has 11 nitrogen and oxygen atoms in total. The molecule has 0 fully saturated rings. The summed E-state index contributed by atoms with van der Waals surface area (Å²) in [5.41, 5.74) is -0.958. The molecule has 6 aromatic rings. The van der Waals surface area contributed by atoms with Gasteiger partial charge >= 0.3 is 6.18 Å². The van der Waals surface area contributed by atoms with Crippen molar-refractivity contribution in [2.24, 2.45) is 0 Å². The van der Waals surface area contributed by atoms with Crippen LogP contribution in [0.4, 0.5) is 24.7 Å². The van der Waals surface area contributed by atoms with Crippen molar-refractivity contribution in [3.05, 3.63) is 113 Å². The van der Waals surface area contributed by atoms with E-state index in [1.54, 1.807) is 49.7 Å². The van der Waals surface area contributed by atoms with E-state index >= 15 is 0 Å². The van der Waals surface area contributed by atoms with Gasteiger partial charge in [-0.1, -0.05) is 35.9 Å². The summed E-state index contributed by atoms with van der Waals surface area (Å²) in [7, 11) is 1.55. The lowest BCUT2D eigenvalue weighted by molar-refractivity contribution is -0.143. The molecule has 1 aliphatic rings. The van der Waals surface area contributed by atoms with Crippen molar-refractivity contribution >= 4 is 45.7 Å². The van der Waals surface area contributed by atoms with Crippen LogP contribution in [-0.4, -0.2) is 48.5 Å². The number of alkyl halides is 3. The number of benzene rings is 2. The number of carbonyl (C=O) groups excluding carboxylic acids is 2. The molecule has 46 heavy (non-hydrogen) atoms. The molecular weight excluding hydrogens is 625 g/mol. The van der Waals surface area contributed by atoms with Crippen LogP contribution in [0.15, 0.2) is 85.6 Å². The van der Waals surface area contributed by atoms with Crippen LogP contribution in [0.25, 0.3) is 22.3 Å². The Morgan fingerprint density at radius 1 is 1.00 bits per heavy atom. The maximum Gasteiger partial charge on any atom is 0.434 e. The first-order chi connectivity index (χ1) is 22.1. The highest BCUT2D eigenvalue weighted by Gasteiger charge is 2.41. The molecule has 0 saturated carbocycles. The van der Waals surface area contributed by atoms with E-state index in [0.29, 0.717) is 27.0 Å². The molecule has 0 aliphatic carbocycles. The summed E-state index contributed by atoms with van der Waals surface area (Å²) >= 11 is 6.29. The number of nitrogens with zero attached hydrogens (tertiary/aromatic N) is 7. The summed E-state index contributed by atoms with van der Waals surface area (Å²) in [6, 6.07) is 14.9. The normalized spacial score (nSPS) is 12.6. The summed E-state index contributed by atoms with van der Waals surface area (Å²) < 4.78 is 51.1. The minimum Gasteiger partial charge on any atom is -0.497 e. The second-order valence-corrected chi connectivity index (χ2v) is 10.6. The molecular formula is C31H20ClF3N8O3. The van der Waals surface area contributed by atoms with Gasteiger partial charge in [-0.2, -0.15) is 23.4 Å². The number of ether oxygens (including phenoxy) is 1. The average Bonchev–Trinajstić information content (AvgIpc) is 3.79. The van der Waals surface area contributed by atoms with Crippen LogP contribution >= 0.6 is 11.6 Å². The average molecular weight is 645 g/mol. The molecule has 0 spiro atoms. The van der Waals surface area contributed by atoms with Gasteiger partial charge in [0.2, 0.25) is 0 Å². The first-order valence-corrected chi connectivity index (χ1v) is 14.0. The molecule has 1 aliphatic heterocycles. The number of methoxy groups -OCH3 is 1. The van der Waals surface area contributed by atoms with Crippen LogP contribution in [0.3, 0.4) is 0 Å². The summed E-state index contributed by atoms with van der Waals surface area (Å²) in [6.45, 7) is 0.181. The molecule has 2 amide bonds. The smallest absolute Gasteiger partial charge is 0.434 e. The molecule has 0 saturated heterocycles. The predicted molar refractivity (Wildman–Crippen MR) is 162 cm³/mol. The number of hydrogen-bond donors (Lipinski definition) is 1. The highest BCUT2D eigenvalue weighted by atomic mass is 35.5. The molecule has 0 unspecified atom stereocenters. The number of amides is 2. The highest BCUT2D eigenvalue weighted by molar-refractivity contribution is 6.32. The zero-order valence-electron chi connectivity index (χ0n) is 23.7. The number of halogens is 4. The predicted octanol–water partition coefficient (Wildman–Crippen LogP) is 6.09. The Hall–Kier alpha value is -5.76. The molecule has 230 valence electrons. The van der Waals surface area contributed by atoms with E-state index in [1.165, 1.54) is 34.2 Å². The number of aromatic nitrogens is 6. The zero-order valence-corrected chi connectivity index (χ0v) is 24.4. The van der Waals surface area contributed by atoms with Crippen LogP contribution in [0, 0.1) is 0 Å². The van der Waals surface area contributed by atoms with Crippen LogP contribution in [0.2, 0.25) is 5.02 Å². The molecule has 15 heteroatoms. The number of pyridine rings is 2. The molecule has 0 radical (unpaired) electrons. The fraction of sp³-hybridized carbons (Fsp3) is 0.0968. The number of anilines is 2. The van der Waals surface area contributed by atoms with Crippen molar-refractivity contribution in [3.63, 3.8) is 0 Å². The standard InChI is InChI=1S/C31H20ClF3N8O3/c1-46-19-8-6-17(7-9-19)16-41-28-25-20(4-2-5-21(25)30(41)45)24(15-37-28)43-26(31(33,34)35)22(14-39-43)29(44)40-18-12-23(32)27(36-13-18)42-11-3-10-38-42/h2-15H,16H2,1H3,(H,40,44). The van der Waals surface area contributed by atoms with Crippen LogP contribution < -0.4 is 15.0 Å². The third-order valence-corrected chi connectivity index (χ3v) is 7.69. The third-order valence-electron chi connectivity index (χ3n) is 7.42. The van der Waals surface area contributed by atoms with Crippen molar-refractivity contribution in [2.75, 3.05) is 17.3 Å². The minimum atomic E-state index is -5.00. The lowest BCUT2D eigenvalue weighted by Gasteiger charge is -2.18. The van der Waals surface area contributed by atoms with E-state index in [9.17, 15) is 22.8 Å². The molecule has 1 N–H and O–H groups in total. The molecule has 7 rings (SSSR count). The van der Waals surface area contributed by atoms with E-state index < -0.39 is 23.3 Å². The SMILES string of the molecule is COc1ccc(CN2C(=O)c3cccc4c(-n5ncc(C(=O)Nc6cnc(-n7cccn7)c(Cl)c6)c5C(F)(F)F)cnc2c34)cc1. The van der Waals surface area contributed by atoms with Gasteiger partial charge in [-0.3, -0.25) is 14.5 Å². The van der Waals surface area contributed by atoms with Gasteiger partial charge in [0.1, 0.15) is 11.6 Å². The van der Waals surface area contributed by atoms with Crippen molar-refractivity contribution in [1.29, 1.82) is 0 Å². The van der Waals surface area contributed by atoms with Gasteiger partial charge in [-0.15, -0.1) is 0 Å². The molecule has 0 atom stereocenters. The van der Waals surface area contributed by atoms with Gasteiger partial charge < -0.3 is 10.1 Å². The Labute approximate surface area is 262 Å². The van der Waals surface area contributed by atoms with E-state index in [-0.39, 0.29) is 40.2 Å². The van der Waals surface area contributed by atoms with Gasteiger partial charge in [0.15, 0.2) is 11.5 Å². The van der Waals surface area contributed by atoms with Gasteiger partial charge in [0.25, 0.3) is 11.8 Å². The Bertz CT molecular complexity index is 2150. The third kappa shape index (κ3) is 4.88. The first-order valence-electron chi connectivity index (χ1n) is 13.6. The maximum atomic E-state index is 14.6.